The fraction of sp³-hybridized carbons (Fsp3) is 0.267. The predicted molar refractivity (Wildman–Crippen MR) is 99.1 cm³/mol. The Labute approximate surface area is 164 Å². The van der Waals surface area contributed by atoms with Gasteiger partial charge >= 0.3 is 0 Å². The van der Waals surface area contributed by atoms with Gasteiger partial charge in [-0.25, -0.2) is 8.42 Å². The highest BCUT2D eigenvalue weighted by Gasteiger charge is 2.22. The number of carbonyl (C=O) groups is 1. The van der Waals surface area contributed by atoms with Crippen LogP contribution in [0.5, 0.6) is 5.75 Å². The van der Waals surface area contributed by atoms with Crippen molar-refractivity contribution in [3.05, 3.63) is 30.2 Å². The maximum absolute atomic E-state index is 12.3. The van der Waals surface area contributed by atoms with Crippen molar-refractivity contribution in [1.82, 2.24) is 25.1 Å². The van der Waals surface area contributed by atoms with Gasteiger partial charge in [-0.15, -0.1) is 10.2 Å². The van der Waals surface area contributed by atoms with Crippen LogP contribution < -0.4 is 14.8 Å². The number of hydrogen-bond donors (Lipinski definition) is 2. The van der Waals surface area contributed by atoms with Crippen LogP contribution >= 0.6 is 11.3 Å². The molecule has 2 N–H and O–H groups in total. The molecule has 0 saturated heterocycles. The molecule has 11 nitrogen and oxygen atoms in total. The van der Waals surface area contributed by atoms with E-state index in [0.29, 0.717) is 17.1 Å². The first kappa shape index (κ1) is 19.9. The van der Waals surface area contributed by atoms with E-state index in [1.165, 1.54) is 0 Å². The highest BCUT2D eigenvalue weighted by atomic mass is 32.2. The van der Waals surface area contributed by atoms with E-state index in [1.54, 1.807) is 38.3 Å². The smallest absolute Gasteiger partial charge is 0.270 e. The fourth-order valence-corrected chi connectivity index (χ4v) is 3.91. The van der Waals surface area contributed by atoms with Crippen molar-refractivity contribution in [2.45, 2.75) is 24.2 Å². The fourth-order valence-electron chi connectivity index (χ4n) is 1.98. The van der Waals surface area contributed by atoms with Crippen molar-refractivity contribution in [2.75, 3.05) is 12.4 Å². The third kappa shape index (κ3) is 4.68. The molecule has 3 rings (SSSR count). The standard InChI is InChI=1S/C15H16N6O5S2/c1-3-11(22)17-14-19-20-15(27-14)28(23,24)16-8-12-18-13(21-26-12)9-4-6-10(25-2)7-5-9/h4-7,16H,3,8H2,1-2H3,(H,17,19,22). The van der Waals surface area contributed by atoms with E-state index in [0.717, 1.165) is 11.3 Å². The molecule has 2 aromatic heterocycles. The van der Waals surface area contributed by atoms with Crippen LogP contribution in [0.25, 0.3) is 11.4 Å². The Bertz CT molecular complexity index is 1060. The van der Waals surface area contributed by atoms with Crippen LogP contribution in [0.2, 0.25) is 0 Å². The minimum absolute atomic E-state index is 0.0819. The summed E-state index contributed by atoms with van der Waals surface area (Å²) in [6, 6.07) is 7.01. The number of methoxy groups -OCH3 is 1. The van der Waals surface area contributed by atoms with E-state index < -0.39 is 10.0 Å². The average molecular weight is 424 g/mol. The molecule has 0 spiro atoms. The molecule has 0 aliphatic carbocycles. The van der Waals surface area contributed by atoms with Crippen molar-refractivity contribution >= 4 is 32.4 Å². The number of anilines is 1. The normalized spacial score (nSPS) is 11.4. The maximum Gasteiger partial charge on any atom is 0.270 e. The van der Waals surface area contributed by atoms with Crippen molar-refractivity contribution < 1.29 is 22.5 Å². The van der Waals surface area contributed by atoms with E-state index in [-0.39, 0.29) is 34.2 Å². The first-order valence-electron chi connectivity index (χ1n) is 8.01. The Balaban J connectivity index is 1.65. The van der Waals surface area contributed by atoms with Gasteiger partial charge in [0.05, 0.1) is 13.7 Å². The van der Waals surface area contributed by atoms with Gasteiger partial charge in [-0.3, -0.25) is 4.79 Å². The second-order valence-electron chi connectivity index (χ2n) is 5.34. The summed E-state index contributed by atoms with van der Waals surface area (Å²) in [5.41, 5.74) is 0.694. The summed E-state index contributed by atoms with van der Waals surface area (Å²) < 4.78 is 36.8. The largest absolute Gasteiger partial charge is 0.497 e. The topological polar surface area (TPSA) is 149 Å². The van der Waals surface area contributed by atoms with Crippen molar-refractivity contribution in [2.24, 2.45) is 0 Å². The van der Waals surface area contributed by atoms with Gasteiger partial charge < -0.3 is 14.6 Å². The predicted octanol–water partition coefficient (Wildman–Crippen LogP) is 1.42. The minimum Gasteiger partial charge on any atom is -0.497 e. The Morgan fingerprint density at radius 3 is 2.68 bits per heavy atom. The summed E-state index contributed by atoms with van der Waals surface area (Å²) in [4.78, 5) is 15.5. The highest BCUT2D eigenvalue weighted by molar-refractivity contribution is 7.91. The average Bonchev–Trinajstić information content (AvgIpc) is 3.36. The van der Waals surface area contributed by atoms with E-state index >= 15 is 0 Å². The second kappa shape index (κ2) is 8.41. The molecule has 0 unspecified atom stereocenters. The molecule has 28 heavy (non-hydrogen) atoms. The van der Waals surface area contributed by atoms with E-state index in [4.69, 9.17) is 9.26 Å². The van der Waals surface area contributed by atoms with Crippen molar-refractivity contribution in [3.63, 3.8) is 0 Å². The molecule has 0 aliphatic heterocycles. The summed E-state index contributed by atoms with van der Waals surface area (Å²) in [5.74, 6) is 0.799. The van der Waals surface area contributed by atoms with Crippen LogP contribution in [-0.4, -0.2) is 41.8 Å². The van der Waals surface area contributed by atoms with Gasteiger partial charge in [0.15, 0.2) is 0 Å². The van der Waals surface area contributed by atoms with Gasteiger partial charge in [0, 0.05) is 12.0 Å². The lowest BCUT2D eigenvalue weighted by Gasteiger charge is -2.00. The zero-order chi connectivity index (χ0) is 20.1. The van der Waals surface area contributed by atoms with Crippen molar-refractivity contribution in [3.8, 4) is 17.1 Å². The lowest BCUT2D eigenvalue weighted by molar-refractivity contribution is -0.115. The Morgan fingerprint density at radius 1 is 1.25 bits per heavy atom. The summed E-state index contributed by atoms with van der Waals surface area (Å²) in [6.07, 6.45) is 0.244. The molecule has 2 heterocycles. The third-order valence-electron chi connectivity index (χ3n) is 3.43. The zero-order valence-corrected chi connectivity index (χ0v) is 16.5. The van der Waals surface area contributed by atoms with E-state index in [2.05, 4.69) is 30.4 Å². The van der Waals surface area contributed by atoms with Gasteiger partial charge in [0.2, 0.25) is 27.1 Å². The van der Waals surface area contributed by atoms with Crippen LogP contribution in [0.1, 0.15) is 19.2 Å². The number of nitrogens with zero attached hydrogens (tertiary/aromatic N) is 4. The molecule has 1 aromatic carbocycles. The van der Waals surface area contributed by atoms with Crippen LogP contribution in [0.15, 0.2) is 33.1 Å². The first-order chi connectivity index (χ1) is 13.4. The highest BCUT2D eigenvalue weighted by Crippen LogP contribution is 2.21. The number of ether oxygens (including phenoxy) is 1. The molecule has 0 aliphatic rings. The Hall–Kier alpha value is -2.90. The van der Waals surface area contributed by atoms with E-state index in [1.807, 2.05) is 0 Å². The van der Waals surface area contributed by atoms with Crippen LogP contribution in [0.4, 0.5) is 5.13 Å². The number of carbonyl (C=O) groups excluding carboxylic acids is 1. The number of rotatable bonds is 8. The number of sulfonamides is 1. The summed E-state index contributed by atoms with van der Waals surface area (Å²) in [7, 11) is -2.38. The van der Waals surface area contributed by atoms with Crippen LogP contribution in [0.3, 0.4) is 0 Å². The van der Waals surface area contributed by atoms with Gasteiger partial charge in [-0.2, -0.15) is 9.71 Å². The maximum atomic E-state index is 12.3. The van der Waals surface area contributed by atoms with Gasteiger partial charge in [-0.1, -0.05) is 23.4 Å². The van der Waals surface area contributed by atoms with Gasteiger partial charge in [0.25, 0.3) is 10.0 Å². The third-order valence-corrected chi connectivity index (χ3v) is 6.04. The minimum atomic E-state index is -3.95. The quantitative estimate of drug-likeness (QED) is 0.512. The molecule has 1 amide bonds. The number of benzene rings is 1. The first-order valence-corrected chi connectivity index (χ1v) is 10.3. The molecule has 0 bridgehead atoms. The molecular formula is C15H16N6O5S2. The van der Waals surface area contributed by atoms with Gasteiger partial charge in [-0.05, 0) is 24.3 Å². The summed E-state index contributed by atoms with van der Waals surface area (Å²) >= 11 is 0.741. The number of hydrogen-bond acceptors (Lipinski definition) is 10. The van der Waals surface area contributed by atoms with Crippen molar-refractivity contribution in [1.29, 1.82) is 0 Å². The summed E-state index contributed by atoms with van der Waals surface area (Å²) in [5, 5.41) is 13.6. The molecule has 148 valence electrons. The molecule has 0 saturated carbocycles. The van der Waals surface area contributed by atoms with Crippen LogP contribution in [0, 0.1) is 0 Å². The van der Waals surface area contributed by atoms with Crippen LogP contribution in [-0.2, 0) is 21.4 Å². The molecule has 3 aromatic rings. The number of amides is 1. The monoisotopic (exact) mass is 424 g/mol. The number of nitrogens with one attached hydrogen (secondary N) is 2. The Morgan fingerprint density at radius 2 is 2.00 bits per heavy atom. The van der Waals surface area contributed by atoms with Gasteiger partial charge in [0.1, 0.15) is 5.75 Å². The lowest BCUT2D eigenvalue weighted by Crippen LogP contribution is -2.23. The second-order valence-corrected chi connectivity index (χ2v) is 8.26. The lowest BCUT2D eigenvalue weighted by atomic mass is 10.2. The molecule has 13 heteroatoms. The number of aromatic nitrogens is 4. The molecule has 0 radical (unpaired) electrons. The molecule has 0 atom stereocenters. The summed E-state index contributed by atoms with van der Waals surface area (Å²) in [6.45, 7) is 1.45. The van der Waals surface area contributed by atoms with E-state index in [9.17, 15) is 13.2 Å². The molecular weight excluding hydrogens is 408 g/mol. The SMILES string of the molecule is CCC(=O)Nc1nnc(S(=O)(=O)NCc2nc(-c3ccc(OC)cc3)no2)s1. The Kier molecular flexibility index (Phi) is 5.96. The zero-order valence-electron chi connectivity index (χ0n) is 14.9. The molecule has 0 fully saturated rings.